The van der Waals surface area contributed by atoms with Crippen LogP contribution in [0.5, 0.6) is 0 Å². The maximum absolute atomic E-state index is 12.0. The lowest BCUT2D eigenvalue weighted by molar-refractivity contribution is -0.120. The van der Waals surface area contributed by atoms with Gasteiger partial charge in [-0.2, -0.15) is 5.10 Å². The molecule has 1 amide bonds. The maximum Gasteiger partial charge on any atom is 0.244 e. The summed E-state index contributed by atoms with van der Waals surface area (Å²) < 4.78 is 1.99. The van der Waals surface area contributed by atoms with E-state index < -0.39 is 0 Å². The van der Waals surface area contributed by atoms with Gasteiger partial charge in [0, 0.05) is 8.95 Å². The van der Waals surface area contributed by atoms with Crippen LogP contribution in [0.3, 0.4) is 0 Å². The molecule has 3 nitrogen and oxygen atoms in total. The second kappa shape index (κ2) is 7.88. The highest BCUT2D eigenvalue weighted by Crippen LogP contribution is 2.25. The van der Waals surface area contributed by atoms with Gasteiger partial charge in [-0.25, -0.2) is 5.43 Å². The Balaban J connectivity index is 1.99. The Kier molecular flexibility index (Phi) is 6.13. The largest absolute Gasteiger partial charge is 0.273 e. The molecule has 0 heterocycles. The van der Waals surface area contributed by atoms with E-state index >= 15 is 0 Å². The van der Waals surface area contributed by atoms with Gasteiger partial charge in [-0.05, 0) is 55.2 Å². The lowest BCUT2D eigenvalue weighted by Crippen LogP contribution is -2.20. The minimum Gasteiger partial charge on any atom is -0.273 e. The van der Waals surface area contributed by atoms with Crippen LogP contribution in [0.15, 0.2) is 44.4 Å². The third-order valence-corrected chi connectivity index (χ3v) is 5.20. The number of carbonyl (C=O) groups excluding carboxylic acids is 1. The molecule has 0 aliphatic heterocycles. The summed E-state index contributed by atoms with van der Waals surface area (Å²) >= 11 is 6.99. The van der Waals surface area contributed by atoms with Gasteiger partial charge in [0.15, 0.2) is 0 Å². The Hall–Kier alpha value is -1.46. The molecule has 1 N–H and O–H groups in total. The zero-order valence-electron chi connectivity index (χ0n) is 13.3. The number of nitrogens with zero attached hydrogens (tertiary/aromatic N) is 1. The van der Waals surface area contributed by atoms with E-state index in [0.717, 1.165) is 31.2 Å². The standard InChI is InChI=1S/C18H18Br2N2O/c1-11-4-5-15(12(2)6-11)9-18(23)22-21-10-14-7-16(19)13(3)17(20)8-14/h4-8,10H,9H2,1-3H3,(H,22,23)/b21-10-. The van der Waals surface area contributed by atoms with Gasteiger partial charge in [-0.1, -0.05) is 55.6 Å². The highest BCUT2D eigenvalue weighted by molar-refractivity contribution is 9.11. The second-order valence-electron chi connectivity index (χ2n) is 5.51. The number of carbonyl (C=O) groups is 1. The van der Waals surface area contributed by atoms with Crippen molar-refractivity contribution in [2.75, 3.05) is 0 Å². The summed E-state index contributed by atoms with van der Waals surface area (Å²) in [4.78, 5) is 12.0. The third kappa shape index (κ3) is 5.01. The predicted octanol–water partition coefficient (Wildman–Crippen LogP) is 4.83. The monoisotopic (exact) mass is 436 g/mol. The van der Waals surface area contributed by atoms with E-state index in [9.17, 15) is 4.79 Å². The number of halogens is 2. The van der Waals surface area contributed by atoms with E-state index in [4.69, 9.17) is 0 Å². The average Bonchev–Trinajstić information content (AvgIpc) is 2.47. The Bertz CT molecular complexity index is 747. The molecule has 0 aromatic heterocycles. The van der Waals surface area contributed by atoms with Crippen LogP contribution >= 0.6 is 31.9 Å². The molecule has 0 unspecified atom stereocenters. The number of benzene rings is 2. The molecule has 0 spiro atoms. The first-order valence-corrected chi connectivity index (χ1v) is 8.79. The van der Waals surface area contributed by atoms with Crippen LogP contribution in [0.1, 0.15) is 27.8 Å². The van der Waals surface area contributed by atoms with Crippen LogP contribution in [-0.4, -0.2) is 12.1 Å². The van der Waals surface area contributed by atoms with E-state index in [2.05, 4.69) is 48.5 Å². The van der Waals surface area contributed by atoms with Crippen molar-refractivity contribution in [1.29, 1.82) is 0 Å². The highest BCUT2D eigenvalue weighted by Gasteiger charge is 2.05. The molecule has 23 heavy (non-hydrogen) atoms. The Morgan fingerprint density at radius 3 is 2.39 bits per heavy atom. The Labute approximate surface area is 153 Å². The molecule has 0 bridgehead atoms. The first-order chi connectivity index (χ1) is 10.9. The molecular formula is C18H18Br2N2O. The number of aryl methyl sites for hydroxylation is 2. The number of hydrogen-bond acceptors (Lipinski definition) is 2. The van der Waals surface area contributed by atoms with E-state index in [1.165, 1.54) is 5.56 Å². The minimum atomic E-state index is -0.126. The summed E-state index contributed by atoms with van der Waals surface area (Å²) in [5.74, 6) is -0.126. The van der Waals surface area contributed by atoms with Crippen molar-refractivity contribution in [2.24, 2.45) is 5.10 Å². The molecule has 0 saturated carbocycles. The van der Waals surface area contributed by atoms with Crippen LogP contribution in [0.2, 0.25) is 0 Å². The van der Waals surface area contributed by atoms with Crippen molar-refractivity contribution in [3.05, 3.63) is 67.1 Å². The molecule has 0 radical (unpaired) electrons. The van der Waals surface area contributed by atoms with Crippen molar-refractivity contribution in [3.8, 4) is 0 Å². The number of nitrogens with one attached hydrogen (secondary N) is 1. The molecule has 120 valence electrons. The van der Waals surface area contributed by atoms with Crippen LogP contribution in [-0.2, 0) is 11.2 Å². The number of hydrazone groups is 1. The van der Waals surface area contributed by atoms with Gasteiger partial charge in [-0.3, -0.25) is 4.79 Å². The second-order valence-corrected chi connectivity index (χ2v) is 7.22. The van der Waals surface area contributed by atoms with Gasteiger partial charge >= 0.3 is 0 Å². The van der Waals surface area contributed by atoms with E-state index in [1.807, 2.05) is 45.0 Å². The normalized spacial score (nSPS) is 11.0. The zero-order valence-corrected chi connectivity index (χ0v) is 16.5. The van der Waals surface area contributed by atoms with Crippen molar-refractivity contribution < 1.29 is 4.79 Å². The van der Waals surface area contributed by atoms with Crippen LogP contribution < -0.4 is 5.43 Å². The van der Waals surface area contributed by atoms with Crippen molar-refractivity contribution in [3.63, 3.8) is 0 Å². The van der Waals surface area contributed by atoms with E-state index in [-0.39, 0.29) is 5.91 Å². The molecule has 0 saturated heterocycles. The fraction of sp³-hybridized carbons (Fsp3) is 0.222. The number of hydrogen-bond donors (Lipinski definition) is 1. The van der Waals surface area contributed by atoms with E-state index in [0.29, 0.717) is 6.42 Å². The minimum absolute atomic E-state index is 0.126. The van der Waals surface area contributed by atoms with Crippen molar-refractivity contribution >= 4 is 44.0 Å². The van der Waals surface area contributed by atoms with Gasteiger partial charge in [-0.15, -0.1) is 0 Å². The van der Waals surface area contributed by atoms with Gasteiger partial charge in [0.05, 0.1) is 12.6 Å². The molecule has 0 aliphatic rings. The molecule has 2 aromatic carbocycles. The summed E-state index contributed by atoms with van der Waals surface area (Å²) in [5.41, 5.74) is 7.94. The average molecular weight is 438 g/mol. The number of amides is 1. The molecule has 5 heteroatoms. The fourth-order valence-electron chi connectivity index (χ4n) is 2.17. The highest BCUT2D eigenvalue weighted by atomic mass is 79.9. The molecule has 0 atom stereocenters. The topological polar surface area (TPSA) is 41.5 Å². The van der Waals surface area contributed by atoms with Gasteiger partial charge in [0.2, 0.25) is 5.91 Å². The third-order valence-electron chi connectivity index (χ3n) is 3.56. The SMILES string of the molecule is Cc1ccc(CC(=O)N/N=C\c2cc(Br)c(C)c(Br)c2)c(C)c1. The summed E-state index contributed by atoms with van der Waals surface area (Å²) in [7, 11) is 0. The quantitative estimate of drug-likeness (QED) is 0.540. The molecule has 2 aromatic rings. The van der Waals surface area contributed by atoms with Gasteiger partial charge in [0.25, 0.3) is 0 Å². The van der Waals surface area contributed by atoms with Crippen LogP contribution in [0, 0.1) is 20.8 Å². The summed E-state index contributed by atoms with van der Waals surface area (Å²) in [6, 6.07) is 10.00. The summed E-state index contributed by atoms with van der Waals surface area (Å²) in [5, 5.41) is 4.03. The molecule has 0 fully saturated rings. The number of rotatable bonds is 4. The lowest BCUT2D eigenvalue weighted by Gasteiger charge is -2.06. The van der Waals surface area contributed by atoms with Crippen LogP contribution in [0.4, 0.5) is 0 Å². The summed E-state index contributed by atoms with van der Waals surface area (Å²) in [6.07, 6.45) is 1.96. The fourth-order valence-corrected chi connectivity index (χ4v) is 3.40. The van der Waals surface area contributed by atoms with Crippen molar-refractivity contribution in [2.45, 2.75) is 27.2 Å². The molecular weight excluding hydrogens is 420 g/mol. The van der Waals surface area contributed by atoms with Gasteiger partial charge in [0.1, 0.15) is 0 Å². The lowest BCUT2D eigenvalue weighted by atomic mass is 10.0. The van der Waals surface area contributed by atoms with Gasteiger partial charge < -0.3 is 0 Å². The maximum atomic E-state index is 12.0. The first-order valence-electron chi connectivity index (χ1n) is 7.20. The smallest absolute Gasteiger partial charge is 0.244 e. The van der Waals surface area contributed by atoms with Crippen molar-refractivity contribution in [1.82, 2.24) is 5.43 Å². The summed E-state index contributed by atoms with van der Waals surface area (Å²) in [6.45, 7) is 6.07. The zero-order chi connectivity index (χ0) is 17.0. The van der Waals surface area contributed by atoms with Crippen LogP contribution in [0.25, 0.3) is 0 Å². The predicted molar refractivity (Wildman–Crippen MR) is 102 cm³/mol. The Morgan fingerprint density at radius 1 is 1.13 bits per heavy atom. The molecule has 2 rings (SSSR count). The Morgan fingerprint density at radius 2 is 1.78 bits per heavy atom. The van der Waals surface area contributed by atoms with E-state index in [1.54, 1.807) is 6.21 Å². The first kappa shape index (κ1) is 17.9. The molecule has 0 aliphatic carbocycles.